The summed E-state index contributed by atoms with van der Waals surface area (Å²) in [6.07, 6.45) is 2.01. The molecule has 0 spiro atoms. The summed E-state index contributed by atoms with van der Waals surface area (Å²) in [5.41, 5.74) is 3.32. The molecule has 3 aromatic rings. The van der Waals surface area contributed by atoms with Crippen molar-refractivity contribution < 1.29 is 19.0 Å². The Morgan fingerprint density at radius 3 is 2.46 bits per heavy atom. The number of para-hydroxylation sites is 1. The van der Waals surface area contributed by atoms with Gasteiger partial charge in [0.15, 0.2) is 11.5 Å². The number of nitrogens with one attached hydrogen (secondary N) is 1. The van der Waals surface area contributed by atoms with Gasteiger partial charge in [-0.1, -0.05) is 18.2 Å². The third-order valence-corrected chi connectivity index (χ3v) is 4.91. The number of hydrogen-bond acceptors (Lipinski definition) is 5. The molecule has 7 heteroatoms. The number of aromatic nitrogens is 2. The second-order valence-electron chi connectivity index (χ2n) is 6.41. The lowest BCUT2D eigenvalue weighted by Gasteiger charge is -2.29. The standard InChI is InChI=1S/C21H21N3O4/c1-26-17-12-15-19(21(28-3)20(17)27-2)14(11-18(25)23-15)16-9-10-22-24(16)13-7-5-4-6-8-13/h4-10,12,14H,11H2,1-3H3,(H,23,25)/t14-/m1/s1. The van der Waals surface area contributed by atoms with Crippen LogP contribution in [0.25, 0.3) is 5.69 Å². The number of carbonyl (C=O) groups excluding carboxylic acids is 1. The first-order valence-corrected chi connectivity index (χ1v) is 8.90. The Labute approximate surface area is 162 Å². The average molecular weight is 379 g/mol. The van der Waals surface area contributed by atoms with Crippen LogP contribution in [0.3, 0.4) is 0 Å². The van der Waals surface area contributed by atoms with E-state index < -0.39 is 0 Å². The zero-order chi connectivity index (χ0) is 19.7. The summed E-state index contributed by atoms with van der Waals surface area (Å²) < 4.78 is 18.5. The lowest BCUT2D eigenvalue weighted by molar-refractivity contribution is -0.116. The van der Waals surface area contributed by atoms with Crippen LogP contribution in [0.2, 0.25) is 0 Å². The molecule has 1 aliphatic rings. The zero-order valence-electron chi connectivity index (χ0n) is 15.9. The molecule has 0 saturated carbocycles. The fourth-order valence-corrected chi connectivity index (χ4v) is 3.73. The first-order chi connectivity index (χ1) is 13.7. The minimum Gasteiger partial charge on any atom is -0.493 e. The highest BCUT2D eigenvalue weighted by Crippen LogP contribution is 2.51. The van der Waals surface area contributed by atoms with Gasteiger partial charge in [-0.25, -0.2) is 4.68 Å². The van der Waals surface area contributed by atoms with Crippen LogP contribution in [0.5, 0.6) is 17.2 Å². The fourth-order valence-electron chi connectivity index (χ4n) is 3.73. The molecule has 0 bridgehead atoms. The van der Waals surface area contributed by atoms with Gasteiger partial charge >= 0.3 is 0 Å². The number of ether oxygens (including phenoxy) is 3. The molecule has 1 amide bonds. The normalized spacial score (nSPS) is 15.5. The summed E-state index contributed by atoms with van der Waals surface area (Å²) in [6.45, 7) is 0. The van der Waals surface area contributed by atoms with E-state index in [-0.39, 0.29) is 18.2 Å². The monoisotopic (exact) mass is 379 g/mol. The summed E-state index contributed by atoms with van der Waals surface area (Å²) in [5, 5.41) is 7.41. The van der Waals surface area contributed by atoms with E-state index in [2.05, 4.69) is 10.4 Å². The van der Waals surface area contributed by atoms with E-state index in [1.807, 2.05) is 41.1 Å². The van der Waals surface area contributed by atoms with Gasteiger partial charge in [-0.2, -0.15) is 5.10 Å². The second kappa shape index (κ2) is 7.26. The number of rotatable bonds is 5. The van der Waals surface area contributed by atoms with Gasteiger partial charge in [-0.15, -0.1) is 0 Å². The van der Waals surface area contributed by atoms with Crippen molar-refractivity contribution in [3.63, 3.8) is 0 Å². The van der Waals surface area contributed by atoms with Gasteiger partial charge in [0.25, 0.3) is 0 Å². The van der Waals surface area contributed by atoms with Crippen LogP contribution in [-0.4, -0.2) is 37.0 Å². The highest BCUT2D eigenvalue weighted by atomic mass is 16.5. The van der Waals surface area contributed by atoms with Crippen molar-refractivity contribution in [1.29, 1.82) is 0 Å². The topological polar surface area (TPSA) is 74.6 Å². The summed E-state index contributed by atoms with van der Waals surface area (Å²) >= 11 is 0. The average Bonchev–Trinajstić information content (AvgIpc) is 3.21. The molecule has 7 nitrogen and oxygen atoms in total. The van der Waals surface area contributed by atoms with Gasteiger partial charge in [0.2, 0.25) is 11.7 Å². The lowest BCUT2D eigenvalue weighted by Crippen LogP contribution is -2.25. The van der Waals surface area contributed by atoms with Crippen molar-refractivity contribution in [2.75, 3.05) is 26.6 Å². The molecule has 0 fully saturated rings. The summed E-state index contributed by atoms with van der Waals surface area (Å²) in [5.74, 6) is 1.21. The van der Waals surface area contributed by atoms with Gasteiger partial charge in [0.05, 0.1) is 38.4 Å². The van der Waals surface area contributed by atoms with Crippen molar-refractivity contribution in [2.24, 2.45) is 0 Å². The lowest BCUT2D eigenvalue weighted by atomic mass is 9.86. The molecule has 2 aromatic carbocycles. The predicted molar refractivity (Wildman–Crippen MR) is 105 cm³/mol. The summed E-state index contributed by atoms with van der Waals surface area (Å²) in [6, 6.07) is 13.5. The Morgan fingerprint density at radius 2 is 1.79 bits per heavy atom. The minimum absolute atomic E-state index is 0.0763. The molecule has 1 aliphatic heterocycles. The van der Waals surface area contributed by atoms with Crippen LogP contribution >= 0.6 is 0 Å². The molecule has 4 rings (SSSR count). The van der Waals surface area contributed by atoms with Gasteiger partial charge < -0.3 is 19.5 Å². The number of fused-ring (bicyclic) bond motifs is 1. The molecule has 0 radical (unpaired) electrons. The highest BCUT2D eigenvalue weighted by molar-refractivity contribution is 5.97. The van der Waals surface area contributed by atoms with Gasteiger partial charge in [0, 0.05) is 30.2 Å². The number of hydrogen-bond donors (Lipinski definition) is 1. The molecule has 144 valence electrons. The zero-order valence-corrected chi connectivity index (χ0v) is 15.9. The number of carbonyl (C=O) groups is 1. The van der Waals surface area contributed by atoms with E-state index in [0.29, 0.717) is 22.9 Å². The largest absolute Gasteiger partial charge is 0.493 e. The van der Waals surface area contributed by atoms with Gasteiger partial charge in [-0.05, 0) is 18.2 Å². The maximum absolute atomic E-state index is 12.5. The summed E-state index contributed by atoms with van der Waals surface area (Å²) in [7, 11) is 4.70. The Balaban J connectivity index is 1.93. The fraction of sp³-hybridized carbons (Fsp3) is 0.238. The molecule has 1 aromatic heterocycles. The minimum atomic E-state index is -0.249. The Bertz CT molecular complexity index is 1010. The number of methoxy groups -OCH3 is 3. The molecule has 28 heavy (non-hydrogen) atoms. The maximum Gasteiger partial charge on any atom is 0.225 e. The molecular formula is C21H21N3O4. The van der Waals surface area contributed by atoms with E-state index >= 15 is 0 Å². The Morgan fingerprint density at radius 1 is 1.04 bits per heavy atom. The first-order valence-electron chi connectivity index (χ1n) is 8.90. The van der Waals surface area contributed by atoms with Crippen LogP contribution in [0.1, 0.15) is 23.6 Å². The van der Waals surface area contributed by atoms with E-state index in [9.17, 15) is 4.79 Å². The van der Waals surface area contributed by atoms with Gasteiger partial charge in [0.1, 0.15) is 0 Å². The molecule has 1 atom stereocenters. The molecule has 1 N–H and O–H groups in total. The molecule has 0 saturated heterocycles. The number of benzene rings is 2. The number of anilines is 1. The third-order valence-electron chi connectivity index (χ3n) is 4.91. The summed E-state index contributed by atoms with van der Waals surface area (Å²) in [4.78, 5) is 12.5. The molecular weight excluding hydrogens is 358 g/mol. The van der Waals surface area contributed by atoms with Gasteiger partial charge in [-0.3, -0.25) is 4.79 Å². The quantitative estimate of drug-likeness (QED) is 0.736. The smallest absolute Gasteiger partial charge is 0.225 e. The Hall–Kier alpha value is -3.48. The van der Waals surface area contributed by atoms with Crippen LogP contribution in [-0.2, 0) is 4.79 Å². The van der Waals surface area contributed by atoms with E-state index in [0.717, 1.165) is 16.9 Å². The first kappa shape index (κ1) is 17.9. The van der Waals surface area contributed by atoms with Crippen molar-refractivity contribution in [3.8, 4) is 22.9 Å². The van der Waals surface area contributed by atoms with E-state index in [1.54, 1.807) is 33.6 Å². The number of amides is 1. The van der Waals surface area contributed by atoms with Crippen molar-refractivity contribution in [3.05, 3.63) is 59.9 Å². The Kier molecular flexibility index (Phi) is 4.65. The highest BCUT2D eigenvalue weighted by Gasteiger charge is 2.35. The van der Waals surface area contributed by atoms with Crippen LogP contribution in [0.4, 0.5) is 5.69 Å². The van der Waals surface area contributed by atoms with E-state index in [4.69, 9.17) is 14.2 Å². The molecule has 2 heterocycles. The SMILES string of the molecule is COc1cc2c(c(OC)c1OC)[C@@H](c1ccnn1-c1ccccc1)CC(=O)N2. The van der Waals surface area contributed by atoms with Crippen molar-refractivity contribution >= 4 is 11.6 Å². The number of nitrogens with zero attached hydrogens (tertiary/aromatic N) is 2. The molecule has 0 aliphatic carbocycles. The second-order valence-corrected chi connectivity index (χ2v) is 6.41. The third kappa shape index (κ3) is 2.85. The molecule has 0 unspecified atom stereocenters. The predicted octanol–water partition coefficient (Wildman–Crippen LogP) is 3.37. The van der Waals surface area contributed by atoms with Crippen LogP contribution in [0.15, 0.2) is 48.7 Å². The van der Waals surface area contributed by atoms with E-state index in [1.165, 1.54) is 0 Å². The maximum atomic E-state index is 12.5. The van der Waals surface area contributed by atoms with Crippen molar-refractivity contribution in [2.45, 2.75) is 12.3 Å². The van der Waals surface area contributed by atoms with Crippen molar-refractivity contribution in [1.82, 2.24) is 9.78 Å². The van der Waals surface area contributed by atoms with Crippen LogP contribution < -0.4 is 19.5 Å². The van der Waals surface area contributed by atoms with Crippen LogP contribution in [0, 0.1) is 0 Å².